The van der Waals surface area contributed by atoms with E-state index < -0.39 is 0 Å². The van der Waals surface area contributed by atoms with E-state index in [0.29, 0.717) is 5.22 Å². The van der Waals surface area contributed by atoms with Crippen LogP contribution in [0.2, 0.25) is 0 Å². The van der Waals surface area contributed by atoms with Gasteiger partial charge < -0.3 is 4.42 Å². The molecule has 0 unspecified atom stereocenters. The van der Waals surface area contributed by atoms with E-state index in [1.165, 1.54) is 17.3 Å². The molecular weight excluding hydrogens is 226 g/mol. The fraction of sp³-hybridized carbons (Fsp3) is 0.182. The summed E-state index contributed by atoms with van der Waals surface area (Å²) in [6.07, 6.45) is 9.94. The predicted molar refractivity (Wildman–Crippen MR) is 66.7 cm³/mol. The third kappa shape index (κ3) is 2.38. The number of aromatic nitrogens is 1. The zero-order valence-corrected chi connectivity index (χ0v) is 10.2. The van der Waals surface area contributed by atoms with E-state index in [1.54, 1.807) is 18.0 Å². The number of thioether (sulfide) groups is 2. The quantitative estimate of drug-likeness (QED) is 0.728. The predicted octanol–water partition coefficient (Wildman–Crippen LogP) is 3.94. The number of rotatable bonds is 2. The van der Waals surface area contributed by atoms with Gasteiger partial charge in [-0.05, 0) is 36.3 Å². The molecule has 2 nitrogen and oxygen atoms in total. The Kier molecular flexibility index (Phi) is 3.38. The number of nitrogens with zero attached hydrogens (tertiary/aromatic N) is 1. The fourth-order valence-electron chi connectivity index (χ4n) is 1.20. The Labute approximate surface area is 97.5 Å². The van der Waals surface area contributed by atoms with Crippen molar-refractivity contribution in [2.24, 2.45) is 0 Å². The zero-order valence-electron chi connectivity index (χ0n) is 8.56. The maximum atomic E-state index is 5.29. The summed E-state index contributed by atoms with van der Waals surface area (Å²) in [6, 6.07) is 0. The van der Waals surface area contributed by atoms with Gasteiger partial charge in [0.2, 0.25) is 0 Å². The van der Waals surface area contributed by atoms with E-state index in [-0.39, 0.29) is 0 Å². The van der Waals surface area contributed by atoms with Crippen molar-refractivity contribution in [3.8, 4) is 0 Å². The summed E-state index contributed by atoms with van der Waals surface area (Å²) in [5.74, 6) is 0. The van der Waals surface area contributed by atoms with Crippen LogP contribution in [0.4, 0.5) is 0 Å². The van der Waals surface area contributed by atoms with Gasteiger partial charge in [-0.15, -0.1) is 0 Å². The third-order valence-corrected chi connectivity index (χ3v) is 3.39. The van der Waals surface area contributed by atoms with Crippen molar-refractivity contribution in [2.75, 3.05) is 6.26 Å². The van der Waals surface area contributed by atoms with Gasteiger partial charge in [0.25, 0.3) is 5.22 Å². The Bertz CT molecular complexity index is 443. The van der Waals surface area contributed by atoms with Crippen LogP contribution in [0.1, 0.15) is 12.6 Å². The number of hydrogen-bond acceptors (Lipinski definition) is 4. The van der Waals surface area contributed by atoms with Crippen LogP contribution in [0.3, 0.4) is 0 Å². The monoisotopic (exact) mass is 237 g/mol. The highest BCUT2D eigenvalue weighted by Gasteiger charge is 2.10. The Balaban J connectivity index is 2.28. The van der Waals surface area contributed by atoms with Gasteiger partial charge in [-0.3, -0.25) is 0 Å². The molecule has 4 heteroatoms. The molecule has 0 radical (unpaired) electrons. The molecule has 0 spiro atoms. The summed E-state index contributed by atoms with van der Waals surface area (Å²) in [4.78, 5) is 5.50. The summed E-state index contributed by atoms with van der Waals surface area (Å²) >= 11 is 3.18. The molecule has 2 rings (SSSR count). The van der Waals surface area contributed by atoms with Crippen molar-refractivity contribution in [3.05, 3.63) is 41.2 Å². The van der Waals surface area contributed by atoms with Crippen molar-refractivity contribution < 1.29 is 4.42 Å². The normalized spacial score (nSPS) is 18.3. The SMILES string of the molecule is C/C=C1/C=CSC(c2coc(SC)n2)=C1. The van der Waals surface area contributed by atoms with E-state index in [9.17, 15) is 0 Å². The average Bonchev–Trinajstić information content (AvgIpc) is 2.78. The zero-order chi connectivity index (χ0) is 10.7. The Morgan fingerprint density at radius 3 is 3.07 bits per heavy atom. The first-order valence-corrected chi connectivity index (χ1v) is 6.65. The van der Waals surface area contributed by atoms with Crippen LogP contribution < -0.4 is 0 Å². The van der Waals surface area contributed by atoms with Gasteiger partial charge in [0, 0.05) is 4.91 Å². The first-order valence-electron chi connectivity index (χ1n) is 4.54. The lowest BCUT2D eigenvalue weighted by Gasteiger charge is -2.05. The van der Waals surface area contributed by atoms with Crippen LogP contribution in [0.5, 0.6) is 0 Å². The van der Waals surface area contributed by atoms with Crippen molar-refractivity contribution in [3.63, 3.8) is 0 Å². The van der Waals surface area contributed by atoms with Gasteiger partial charge >= 0.3 is 0 Å². The maximum Gasteiger partial charge on any atom is 0.255 e. The number of allylic oxidation sites excluding steroid dienone is 4. The molecule has 78 valence electrons. The smallest absolute Gasteiger partial charge is 0.255 e. The number of oxazole rings is 1. The number of hydrogen-bond donors (Lipinski definition) is 0. The molecular formula is C11H11NOS2. The van der Waals surface area contributed by atoms with Gasteiger partial charge in [-0.25, -0.2) is 4.98 Å². The van der Waals surface area contributed by atoms with E-state index in [4.69, 9.17) is 4.42 Å². The largest absolute Gasteiger partial charge is 0.439 e. The first-order chi connectivity index (χ1) is 7.33. The Morgan fingerprint density at radius 1 is 1.53 bits per heavy atom. The second-order valence-electron chi connectivity index (χ2n) is 2.92. The van der Waals surface area contributed by atoms with Gasteiger partial charge in [0.15, 0.2) is 0 Å². The molecule has 0 aliphatic carbocycles. The van der Waals surface area contributed by atoms with E-state index >= 15 is 0 Å². The van der Waals surface area contributed by atoms with Gasteiger partial charge in [0.1, 0.15) is 12.0 Å². The molecule has 15 heavy (non-hydrogen) atoms. The van der Waals surface area contributed by atoms with Crippen LogP contribution in [-0.2, 0) is 0 Å². The second kappa shape index (κ2) is 4.77. The Morgan fingerprint density at radius 2 is 2.40 bits per heavy atom. The fourth-order valence-corrected chi connectivity index (χ4v) is 2.32. The highest BCUT2D eigenvalue weighted by Crippen LogP contribution is 2.34. The van der Waals surface area contributed by atoms with Crippen molar-refractivity contribution in [1.82, 2.24) is 4.98 Å². The topological polar surface area (TPSA) is 26.0 Å². The lowest BCUT2D eigenvalue weighted by molar-refractivity contribution is 0.454. The van der Waals surface area contributed by atoms with Crippen molar-refractivity contribution in [1.29, 1.82) is 0 Å². The highest BCUT2D eigenvalue weighted by atomic mass is 32.2. The molecule has 1 aromatic heterocycles. The standard InChI is InChI=1S/C11H11NOS2/c1-3-8-4-5-15-10(6-8)9-7-13-11(12-9)14-2/h3-7H,1-2H3/b8-3-. The molecule has 0 fully saturated rings. The van der Waals surface area contributed by atoms with Crippen LogP contribution >= 0.6 is 23.5 Å². The van der Waals surface area contributed by atoms with Gasteiger partial charge in [-0.1, -0.05) is 29.6 Å². The minimum Gasteiger partial charge on any atom is -0.439 e. The molecule has 0 saturated carbocycles. The van der Waals surface area contributed by atoms with Crippen LogP contribution in [0.15, 0.2) is 45.1 Å². The maximum absolute atomic E-state index is 5.29. The lowest BCUT2D eigenvalue weighted by atomic mass is 10.2. The molecule has 0 aromatic carbocycles. The first kappa shape index (κ1) is 10.6. The molecule has 2 heterocycles. The van der Waals surface area contributed by atoms with Crippen LogP contribution in [0.25, 0.3) is 4.91 Å². The molecule has 0 atom stereocenters. The summed E-state index contributed by atoms with van der Waals surface area (Å²) < 4.78 is 5.29. The third-order valence-electron chi connectivity index (χ3n) is 2.00. The minimum absolute atomic E-state index is 0.711. The second-order valence-corrected chi connectivity index (χ2v) is 4.63. The minimum atomic E-state index is 0.711. The van der Waals surface area contributed by atoms with Gasteiger partial charge in [-0.2, -0.15) is 0 Å². The molecule has 0 saturated heterocycles. The molecule has 0 bridgehead atoms. The van der Waals surface area contributed by atoms with E-state index in [1.807, 2.05) is 13.2 Å². The summed E-state index contributed by atoms with van der Waals surface area (Å²) in [7, 11) is 0. The Hall–Kier alpha value is -0.870. The molecule has 0 amide bonds. The van der Waals surface area contributed by atoms with Crippen molar-refractivity contribution in [2.45, 2.75) is 12.1 Å². The molecule has 0 N–H and O–H groups in total. The van der Waals surface area contributed by atoms with Crippen LogP contribution in [0, 0.1) is 0 Å². The average molecular weight is 237 g/mol. The summed E-state index contributed by atoms with van der Waals surface area (Å²) in [5, 5.41) is 2.78. The van der Waals surface area contributed by atoms with Crippen molar-refractivity contribution >= 4 is 28.4 Å². The molecule has 1 aliphatic heterocycles. The summed E-state index contributed by atoms with van der Waals surface area (Å²) in [5.41, 5.74) is 2.12. The van der Waals surface area contributed by atoms with Crippen LogP contribution in [-0.4, -0.2) is 11.2 Å². The van der Waals surface area contributed by atoms with E-state index in [2.05, 4.69) is 28.6 Å². The molecule has 1 aliphatic rings. The highest BCUT2D eigenvalue weighted by molar-refractivity contribution is 8.11. The van der Waals surface area contributed by atoms with E-state index in [0.717, 1.165) is 10.6 Å². The lowest BCUT2D eigenvalue weighted by Crippen LogP contribution is -1.84. The summed E-state index contributed by atoms with van der Waals surface area (Å²) in [6.45, 7) is 2.03. The van der Waals surface area contributed by atoms with Gasteiger partial charge in [0.05, 0.1) is 0 Å². The molecule has 1 aromatic rings.